The molecule has 0 fully saturated rings. The highest BCUT2D eigenvalue weighted by Crippen LogP contribution is 2.52. The van der Waals surface area contributed by atoms with Crippen LogP contribution in [0, 0.1) is 57.2 Å². The Kier molecular flexibility index (Phi) is 8.52. The van der Waals surface area contributed by atoms with E-state index in [1.807, 2.05) is 36.4 Å². The Labute approximate surface area is 317 Å². The van der Waals surface area contributed by atoms with Crippen LogP contribution in [0.15, 0.2) is 84.5 Å². The van der Waals surface area contributed by atoms with E-state index in [-0.39, 0.29) is 10.8 Å². The van der Waals surface area contributed by atoms with E-state index >= 15 is 0 Å². The smallest absolute Gasteiger partial charge is 0.143 e. The average molecular weight is 711 g/mol. The molecule has 8 nitrogen and oxygen atoms in total. The number of hydrogen-bond acceptors (Lipinski definition) is 4. The lowest BCUT2D eigenvalue weighted by Gasteiger charge is -2.28. The predicted octanol–water partition coefficient (Wildman–Crippen LogP) is 9.76. The van der Waals surface area contributed by atoms with Crippen LogP contribution in [0.3, 0.4) is 0 Å². The fraction of sp³-hybridized carbons (Fsp3) is 0.348. The van der Waals surface area contributed by atoms with Gasteiger partial charge in [0.25, 0.3) is 0 Å². The summed E-state index contributed by atoms with van der Waals surface area (Å²) in [6.45, 7) is 17.8. The summed E-state index contributed by atoms with van der Waals surface area (Å²) in [7, 11) is 0. The van der Waals surface area contributed by atoms with E-state index in [0.29, 0.717) is 0 Å². The standard InChI is InChI=1S/C46H46N8/c1-43(2)33-16-17-34(51-33)44(3,4)36-20-21-38(53-36)46(7,8)42-27(22-39(54-42)45(5,6)37-19-18-35(43)52-37)12-11-15-32-40(28(23-47)24-48)30-13-9-10-14-31(30)41(32)29(25-49)26-50/h9-22,28-29,40-41,51-54H,1-8H3/b12-11+,32-15?. The summed E-state index contributed by atoms with van der Waals surface area (Å²) >= 11 is 0. The van der Waals surface area contributed by atoms with Crippen molar-refractivity contribution in [2.24, 2.45) is 11.8 Å². The van der Waals surface area contributed by atoms with Crippen molar-refractivity contribution in [3.8, 4) is 24.3 Å². The maximum Gasteiger partial charge on any atom is 0.143 e. The van der Waals surface area contributed by atoms with Crippen molar-refractivity contribution < 1.29 is 0 Å². The molecule has 5 heterocycles. The number of H-pyrrole nitrogens is 4. The van der Waals surface area contributed by atoms with Crippen molar-refractivity contribution in [2.75, 3.05) is 0 Å². The zero-order valence-corrected chi connectivity index (χ0v) is 32.2. The highest BCUT2D eigenvalue weighted by Gasteiger charge is 2.44. The number of aromatic nitrogens is 4. The molecule has 5 aromatic rings. The molecule has 1 aliphatic heterocycles. The number of allylic oxidation sites excluding steroid dienone is 3. The average Bonchev–Trinajstić information content (AvgIpc) is 3.99. The molecule has 8 bridgehead atoms. The summed E-state index contributed by atoms with van der Waals surface area (Å²) in [4.78, 5) is 15.3. The maximum absolute atomic E-state index is 10.1. The molecular formula is C46H46N8. The maximum atomic E-state index is 10.1. The first-order valence-electron chi connectivity index (χ1n) is 18.5. The summed E-state index contributed by atoms with van der Waals surface area (Å²) in [6, 6.07) is 31.6. The number of fused-ring (bicyclic) bond motifs is 9. The lowest BCUT2D eigenvalue weighted by Crippen LogP contribution is -2.26. The third kappa shape index (κ3) is 5.45. The van der Waals surface area contributed by atoms with Crippen LogP contribution in [-0.4, -0.2) is 19.9 Å². The Morgan fingerprint density at radius 1 is 0.519 bits per heavy atom. The molecule has 4 N–H and O–H groups in total. The van der Waals surface area contributed by atoms with Crippen molar-refractivity contribution in [3.63, 3.8) is 0 Å². The van der Waals surface area contributed by atoms with Crippen LogP contribution >= 0.6 is 0 Å². The Morgan fingerprint density at radius 2 is 0.889 bits per heavy atom. The van der Waals surface area contributed by atoms with Gasteiger partial charge in [0.1, 0.15) is 11.8 Å². The topological polar surface area (TPSA) is 158 Å². The molecule has 0 saturated heterocycles. The molecule has 1 aliphatic carbocycles. The summed E-state index contributed by atoms with van der Waals surface area (Å²) in [5.74, 6) is -3.06. The fourth-order valence-electron chi connectivity index (χ4n) is 8.60. The molecule has 270 valence electrons. The van der Waals surface area contributed by atoms with E-state index in [1.165, 1.54) is 0 Å². The summed E-state index contributed by atoms with van der Waals surface area (Å²) in [5, 5.41) is 40.2. The zero-order chi connectivity index (χ0) is 38.8. The molecule has 0 spiro atoms. The van der Waals surface area contributed by atoms with Crippen LogP contribution in [0.2, 0.25) is 0 Å². The van der Waals surface area contributed by atoms with Gasteiger partial charge in [-0.1, -0.05) is 48.1 Å². The van der Waals surface area contributed by atoms with Gasteiger partial charge in [-0.2, -0.15) is 21.0 Å². The Bertz CT molecular complexity index is 2400. The molecule has 7 rings (SSSR count). The monoisotopic (exact) mass is 710 g/mol. The van der Waals surface area contributed by atoms with Crippen LogP contribution in [-0.2, 0) is 21.7 Å². The summed E-state index contributed by atoms with van der Waals surface area (Å²) in [5.41, 5.74) is 10.5. The van der Waals surface area contributed by atoms with Crippen molar-refractivity contribution in [1.82, 2.24) is 19.9 Å². The molecule has 2 atom stereocenters. The number of rotatable bonds is 4. The van der Waals surface area contributed by atoms with Crippen LogP contribution < -0.4 is 0 Å². The minimum absolute atomic E-state index is 0.299. The van der Waals surface area contributed by atoms with Gasteiger partial charge in [-0.25, -0.2) is 0 Å². The lowest BCUT2D eigenvalue weighted by molar-refractivity contribution is 0.545. The second-order valence-corrected chi connectivity index (χ2v) is 17.0. The van der Waals surface area contributed by atoms with E-state index in [2.05, 4.69) is 148 Å². The van der Waals surface area contributed by atoms with Crippen molar-refractivity contribution in [1.29, 1.82) is 21.0 Å². The first-order chi connectivity index (χ1) is 25.6. The van der Waals surface area contributed by atoms with E-state index in [1.54, 1.807) is 0 Å². The van der Waals surface area contributed by atoms with E-state index in [0.717, 1.165) is 67.8 Å². The predicted molar refractivity (Wildman–Crippen MR) is 210 cm³/mol. The molecule has 1 aromatic carbocycles. The van der Waals surface area contributed by atoms with Gasteiger partial charge in [-0.3, -0.25) is 0 Å². The van der Waals surface area contributed by atoms with Crippen LogP contribution in [0.25, 0.3) is 6.08 Å². The second kappa shape index (κ2) is 12.7. The normalized spacial score (nSPS) is 20.2. The van der Waals surface area contributed by atoms with Gasteiger partial charge in [0.15, 0.2) is 0 Å². The van der Waals surface area contributed by atoms with Crippen LogP contribution in [0.4, 0.5) is 0 Å². The van der Waals surface area contributed by atoms with Gasteiger partial charge in [-0.15, -0.1) is 0 Å². The quantitative estimate of drug-likeness (QED) is 0.146. The number of nitriles is 4. The van der Waals surface area contributed by atoms with E-state index < -0.39 is 34.5 Å². The Hall–Kier alpha value is -6.22. The van der Waals surface area contributed by atoms with Gasteiger partial charge in [0.05, 0.1) is 24.3 Å². The third-order valence-electron chi connectivity index (χ3n) is 12.4. The first kappa shape index (κ1) is 36.2. The zero-order valence-electron chi connectivity index (χ0n) is 32.2. The van der Waals surface area contributed by atoms with Crippen molar-refractivity contribution in [2.45, 2.75) is 88.9 Å². The number of hydrogen-bond donors (Lipinski definition) is 4. The number of benzene rings is 1. The van der Waals surface area contributed by atoms with Gasteiger partial charge >= 0.3 is 0 Å². The minimum Gasteiger partial charge on any atom is -0.361 e. The molecule has 2 aliphatic rings. The fourth-order valence-corrected chi connectivity index (χ4v) is 8.60. The number of nitrogens with one attached hydrogen (secondary N) is 4. The second-order valence-electron chi connectivity index (χ2n) is 17.0. The molecule has 0 radical (unpaired) electrons. The van der Waals surface area contributed by atoms with Gasteiger partial charge < -0.3 is 19.9 Å². The van der Waals surface area contributed by atoms with Crippen LogP contribution in [0.5, 0.6) is 0 Å². The summed E-state index contributed by atoms with van der Waals surface area (Å²) < 4.78 is 0. The summed E-state index contributed by atoms with van der Waals surface area (Å²) in [6.07, 6.45) is 5.92. The van der Waals surface area contributed by atoms with Crippen molar-refractivity contribution in [3.05, 3.63) is 147 Å². The number of nitrogens with zero attached hydrogens (tertiary/aromatic N) is 4. The molecule has 0 saturated carbocycles. The minimum atomic E-state index is -0.974. The molecular weight excluding hydrogens is 665 g/mol. The molecule has 4 aromatic heterocycles. The Balaban J connectivity index is 1.41. The van der Waals surface area contributed by atoms with Gasteiger partial charge in [0.2, 0.25) is 0 Å². The van der Waals surface area contributed by atoms with Gasteiger partial charge in [0, 0.05) is 79.0 Å². The SMILES string of the molecule is CC1(C)c2ccc([nH]2)C(C)(C)c2ccc([nH]2)C(C)(C)c2[nH]c(cc2/C=C/C=C2C(C(C#N)C#N)c3ccccc3C2C(C#N)C#N)C(C)(C)c2ccc1[nH]2. The largest absolute Gasteiger partial charge is 0.361 e. The van der Waals surface area contributed by atoms with E-state index in [4.69, 9.17) is 0 Å². The molecule has 8 heteroatoms. The third-order valence-corrected chi connectivity index (χ3v) is 12.4. The highest BCUT2D eigenvalue weighted by molar-refractivity contribution is 5.62. The first-order valence-corrected chi connectivity index (χ1v) is 18.5. The highest BCUT2D eigenvalue weighted by atomic mass is 14.9. The molecule has 54 heavy (non-hydrogen) atoms. The lowest BCUT2D eigenvalue weighted by atomic mass is 9.80. The molecule has 2 unspecified atom stereocenters. The van der Waals surface area contributed by atoms with Crippen LogP contribution in [0.1, 0.15) is 129 Å². The number of aromatic amines is 4. The molecule has 0 amide bonds. The van der Waals surface area contributed by atoms with Crippen molar-refractivity contribution >= 4 is 6.08 Å². The Morgan fingerprint density at radius 3 is 1.28 bits per heavy atom. The van der Waals surface area contributed by atoms with E-state index in [9.17, 15) is 21.0 Å². The van der Waals surface area contributed by atoms with Gasteiger partial charge in [-0.05, 0) is 115 Å².